The molecule has 0 saturated carbocycles. The summed E-state index contributed by atoms with van der Waals surface area (Å²) in [6.07, 6.45) is -3.12. The van der Waals surface area contributed by atoms with Gasteiger partial charge in [-0.2, -0.15) is 13.2 Å². The number of anilines is 3. The van der Waals surface area contributed by atoms with Crippen molar-refractivity contribution in [2.75, 3.05) is 23.3 Å². The molecule has 2 N–H and O–H groups in total. The van der Waals surface area contributed by atoms with Gasteiger partial charge in [-0.25, -0.2) is 9.37 Å². The first-order chi connectivity index (χ1) is 14.2. The summed E-state index contributed by atoms with van der Waals surface area (Å²) in [5.41, 5.74) is -0.635. The van der Waals surface area contributed by atoms with Gasteiger partial charge in [-0.05, 0) is 50.2 Å². The molecule has 0 bridgehead atoms. The summed E-state index contributed by atoms with van der Waals surface area (Å²) in [6, 6.07) is 5.16. The van der Waals surface area contributed by atoms with Gasteiger partial charge in [0.05, 0.1) is 16.4 Å². The van der Waals surface area contributed by atoms with E-state index in [-0.39, 0.29) is 21.5 Å². The molecule has 3 rings (SSSR count). The van der Waals surface area contributed by atoms with Crippen molar-refractivity contribution in [1.29, 1.82) is 0 Å². The standard InChI is InChI=1S/C19H17ClF4N4O2/c20-12-1-4-16(26-10-12)28(18(30)19(22,23)24)15-9-13(21)2-3-14(15)27-17(29)11-5-7-25-8-6-11/h1-4,9-11,25H,5-8H2,(H,27,29). The lowest BCUT2D eigenvalue weighted by atomic mass is 9.97. The van der Waals surface area contributed by atoms with Crippen molar-refractivity contribution < 1.29 is 27.2 Å². The average Bonchev–Trinajstić information content (AvgIpc) is 2.71. The van der Waals surface area contributed by atoms with Crippen LogP contribution in [0, 0.1) is 11.7 Å². The van der Waals surface area contributed by atoms with E-state index in [2.05, 4.69) is 15.6 Å². The van der Waals surface area contributed by atoms with Gasteiger partial charge in [0.1, 0.15) is 11.6 Å². The summed E-state index contributed by atoms with van der Waals surface area (Å²) < 4.78 is 53.9. The Balaban J connectivity index is 2.04. The van der Waals surface area contributed by atoms with E-state index in [4.69, 9.17) is 11.6 Å². The fourth-order valence-electron chi connectivity index (χ4n) is 3.08. The largest absolute Gasteiger partial charge is 0.472 e. The molecule has 0 atom stereocenters. The highest BCUT2D eigenvalue weighted by Crippen LogP contribution is 2.36. The zero-order valence-corrected chi connectivity index (χ0v) is 16.2. The maximum Gasteiger partial charge on any atom is 0.472 e. The van der Waals surface area contributed by atoms with Crippen molar-refractivity contribution >= 4 is 40.6 Å². The second-order valence-corrected chi connectivity index (χ2v) is 7.08. The van der Waals surface area contributed by atoms with Crippen LogP contribution in [0.5, 0.6) is 0 Å². The molecular weight excluding hydrogens is 428 g/mol. The van der Waals surface area contributed by atoms with Crippen LogP contribution in [0.25, 0.3) is 0 Å². The highest BCUT2D eigenvalue weighted by Gasteiger charge is 2.45. The predicted octanol–water partition coefficient (Wildman–Crippen LogP) is 4.04. The lowest BCUT2D eigenvalue weighted by molar-refractivity contribution is -0.169. The fourth-order valence-corrected chi connectivity index (χ4v) is 3.19. The summed E-state index contributed by atoms with van der Waals surface area (Å²) in [5, 5.41) is 5.76. The second kappa shape index (κ2) is 8.97. The summed E-state index contributed by atoms with van der Waals surface area (Å²) in [5.74, 6) is -4.39. The first-order valence-electron chi connectivity index (χ1n) is 9.01. The lowest BCUT2D eigenvalue weighted by Gasteiger charge is -2.27. The quantitative estimate of drug-likeness (QED) is 0.698. The van der Waals surface area contributed by atoms with Crippen molar-refractivity contribution in [3.8, 4) is 0 Å². The van der Waals surface area contributed by atoms with Gasteiger partial charge in [-0.3, -0.25) is 14.5 Å². The number of aromatic nitrogens is 1. The number of piperidine rings is 1. The van der Waals surface area contributed by atoms with Crippen LogP contribution in [-0.4, -0.2) is 36.1 Å². The number of hydrogen-bond donors (Lipinski definition) is 2. The predicted molar refractivity (Wildman–Crippen MR) is 103 cm³/mol. The van der Waals surface area contributed by atoms with E-state index >= 15 is 0 Å². The van der Waals surface area contributed by atoms with Crippen LogP contribution in [0.1, 0.15) is 12.8 Å². The number of alkyl halides is 3. The third-order valence-corrected chi connectivity index (χ3v) is 4.78. The number of nitrogens with one attached hydrogen (secondary N) is 2. The molecule has 0 unspecified atom stereocenters. The van der Waals surface area contributed by atoms with Crippen LogP contribution in [0.15, 0.2) is 36.5 Å². The van der Waals surface area contributed by atoms with E-state index in [1.54, 1.807) is 0 Å². The minimum absolute atomic E-state index is 0.136. The maximum absolute atomic E-state index is 14.0. The van der Waals surface area contributed by atoms with Crippen molar-refractivity contribution in [2.45, 2.75) is 19.0 Å². The first kappa shape index (κ1) is 22.0. The van der Waals surface area contributed by atoms with E-state index in [9.17, 15) is 27.2 Å². The normalized spacial score (nSPS) is 15.0. The van der Waals surface area contributed by atoms with E-state index in [0.29, 0.717) is 25.9 Å². The van der Waals surface area contributed by atoms with E-state index in [1.807, 2.05) is 0 Å². The van der Waals surface area contributed by atoms with Crippen LogP contribution in [0.3, 0.4) is 0 Å². The third-order valence-electron chi connectivity index (χ3n) is 4.55. The summed E-state index contributed by atoms with van der Waals surface area (Å²) in [4.78, 5) is 28.7. The van der Waals surface area contributed by atoms with E-state index in [0.717, 1.165) is 30.5 Å². The monoisotopic (exact) mass is 444 g/mol. The van der Waals surface area contributed by atoms with Crippen LogP contribution in [0.4, 0.5) is 34.8 Å². The smallest absolute Gasteiger partial charge is 0.324 e. The van der Waals surface area contributed by atoms with Gasteiger partial charge in [-0.15, -0.1) is 0 Å². The Morgan fingerprint density at radius 1 is 1.17 bits per heavy atom. The molecule has 2 aromatic rings. The molecule has 1 aromatic carbocycles. The molecule has 2 heterocycles. The van der Waals surface area contributed by atoms with Crippen molar-refractivity contribution in [3.63, 3.8) is 0 Å². The number of benzene rings is 1. The van der Waals surface area contributed by atoms with Crippen LogP contribution < -0.4 is 15.5 Å². The molecule has 1 fully saturated rings. The number of halogens is 5. The Kier molecular flexibility index (Phi) is 6.57. The Bertz CT molecular complexity index is 931. The number of carbonyl (C=O) groups is 2. The number of hydrogen-bond acceptors (Lipinski definition) is 4. The van der Waals surface area contributed by atoms with Gasteiger partial charge < -0.3 is 10.6 Å². The zero-order valence-electron chi connectivity index (χ0n) is 15.5. The topological polar surface area (TPSA) is 74.3 Å². The highest BCUT2D eigenvalue weighted by molar-refractivity contribution is 6.30. The maximum atomic E-state index is 14.0. The number of rotatable bonds is 4. The number of nitrogens with zero attached hydrogens (tertiary/aromatic N) is 2. The third kappa shape index (κ3) is 5.06. The van der Waals surface area contributed by atoms with Crippen molar-refractivity contribution in [1.82, 2.24) is 10.3 Å². The molecule has 2 amide bonds. The SMILES string of the molecule is O=C(Nc1ccc(F)cc1N(C(=O)C(F)(F)F)c1ccc(Cl)cn1)C1CCNCC1. The number of carbonyl (C=O) groups excluding carboxylic acids is 2. The molecule has 1 saturated heterocycles. The Morgan fingerprint density at radius 2 is 1.87 bits per heavy atom. The molecule has 11 heteroatoms. The number of amides is 2. The van der Waals surface area contributed by atoms with Gasteiger partial charge >= 0.3 is 12.1 Å². The molecule has 1 aromatic heterocycles. The Hall–Kier alpha value is -2.72. The molecule has 160 valence electrons. The molecule has 1 aliphatic heterocycles. The van der Waals surface area contributed by atoms with Crippen molar-refractivity contribution in [3.05, 3.63) is 47.4 Å². The summed E-state index contributed by atoms with van der Waals surface area (Å²) in [6.45, 7) is 1.25. The minimum Gasteiger partial charge on any atom is -0.324 e. The van der Waals surface area contributed by atoms with Gasteiger partial charge in [-0.1, -0.05) is 11.6 Å². The van der Waals surface area contributed by atoms with Crippen molar-refractivity contribution in [2.24, 2.45) is 5.92 Å². The molecular formula is C19H17ClF4N4O2. The minimum atomic E-state index is -5.27. The lowest BCUT2D eigenvalue weighted by Crippen LogP contribution is -2.39. The number of pyridine rings is 1. The van der Waals surface area contributed by atoms with Gasteiger partial charge in [0.2, 0.25) is 5.91 Å². The second-order valence-electron chi connectivity index (χ2n) is 6.65. The van der Waals surface area contributed by atoms with Gasteiger partial charge in [0, 0.05) is 18.2 Å². The summed E-state index contributed by atoms with van der Waals surface area (Å²) >= 11 is 5.73. The molecule has 0 aliphatic carbocycles. The molecule has 30 heavy (non-hydrogen) atoms. The summed E-state index contributed by atoms with van der Waals surface area (Å²) in [7, 11) is 0. The molecule has 0 spiro atoms. The highest BCUT2D eigenvalue weighted by atomic mass is 35.5. The molecule has 1 aliphatic rings. The van der Waals surface area contributed by atoms with Gasteiger partial charge in [0.25, 0.3) is 0 Å². The average molecular weight is 445 g/mol. The molecule has 6 nitrogen and oxygen atoms in total. The van der Waals surface area contributed by atoms with Crippen LogP contribution >= 0.6 is 11.6 Å². The van der Waals surface area contributed by atoms with Gasteiger partial charge in [0.15, 0.2) is 0 Å². The molecule has 0 radical (unpaired) electrons. The zero-order chi connectivity index (χ0) is 21.9. The Morgan fingerprint density at radius 3 is 2.47 bits per heavy atom. The van der Waals surface area contributed by atoms with E-state index in [1.165, 1.54) is 6.07 Å². The van der Waals surface area contributed by atoms with Crippen LogP contribution in [0.2, 0.25) is 5.02 Å². The van der Waals surface area contributed by atoms with E-state index < -0.39 is 35.3 Å². The Labute approximate surface area is 174 Å². The van der Waals surface area contributed by atoms with Crippen LogP contribution in [-0.2, 0) is 9.59 Å². The fraction of sp³-hybridized carbons (Fsp3) is 0.316. The first-order valence-corrected chi connectivity index (χ1v) is 9.38.